The maximum atomic E-state index is 6.29. The molecule has 0 spiro atoms. The van der Waals surface area contributed by atoms with E-state index >= 15 is 0 Å². The van der Waals surface area contributed by atoms with E-state index < -0.39 is 0 Å². The first-order valence-electron chi connectivity index (χ1n) is 10.5. The third-order valence-corrected chi connectivity index (χ3v) is 6.65. The molecule has 2 aromatic carbocycles. The van der Waals surface area contributed by atoms with E-state index in [0.717, 1.165) is 33.3 Å². The Hall–Kier alpha value is -3.15. The Morgan fingerprint density at radius 3 is 2.44 bits per heavy atom. The minimum Gasteiger partial charge on any atom is -0.351 e. The molecule has 3 heterocycles. The molecule has 4 aromatic rings. The highest BCUT2D eigenvalue weighted by Gasteiger charge is 2.42. The fourth-order valence-corrected chi connectivity index (χ4v) is 4.75. The van der Waals surface area contributed by atoms with Gasteiger partial charge in [-0.1, -0.05) is 35.4 Å². The van der Waals surface area contributed by atoms with Gasteiger partial charge in [0.2, 0.25) is 0 Å². The van der Waals surface area contributed by atoms with Crippen LogP contribution in [0.2, 0.25) is 5.02 Å². The number of nitrogens with one attached hydrogen (secondary N) is 1. The van der Waals surface area contributed by atoms with Gasteiger partial charge in [0.25, 0.3) is 0 Å². The summed E-state index contributed by atoms with van der Waals surface area (Å²) in [7, 11) is 0. The SMILES string of the molecule is Cc1ccc(N2C(=S)NC(c3ccccn3)C2c2cccn2-c2ccc(Cl)c(C)c2)cc1. The van der Waals surface area contributed by atoms with E-state index in [2.05, 4.69) is 75.4 Å². The number of benzene rings is 2. The molecular formula is C26H23ClN4S. The van der Waals surface area contributed by atoms with Gasteiger partial charge in [0.1, 0.15) is 6.04 Å². The molecule has 2 aromatic heterocycles. The molecule has 1 saturated heterocycles. The van der Waals surface area contributed by atoms with Crippen molar-refractivity contribution in [3.05, 3.63) is 113 Å². The van der Waals surface area contributed by atoms with Crippen LogP contribution in [-0.2, 0) is 0 Å². The molecule has 2 unspecified atom stereocenters. The standard InChI is InChI=1S/C26H23ClN4S/c1-17-8-10-19(11-9-17)31-25(24(29-26(31)32)22-6-3-4-14-28-22)23-7-5-15-30(23)20-12-13-21(27)18(2)16-20/h3-16,24-25H,1-2H3,(H,29,32). The number of anilines is 1. The molecule has 1 fully saturated rings. The van der Waals surface area contributed by atoms with Crippen molar-refractivity contribution in [3.8, 4) is 5.69 Å². The smallest absolute Gasteiger partial charge is 0.174 e. The average molecular weight is 459 g/mol. The maximum Gasteiger partial charge on any atom is 0.174 e. The van der Waals surface area contributed by atoms with Crippen LogP contribution in [0, 0.1) is 13.8 Å². The van der Waals surface area contributed by atoms with Crippen molar-refractivity contribution in [1.29, 1.82) is 0 Å². The van der Waals surface area contributed by atoms with Crippen LogP contribution in [0.3, 0.4) is 0 Å². The van der Waals surface area contributed by atoms with Gasteiger partial charge in [0.05, 0.1) is 11.7 Å². The molecule has 5 rings (SSSR count). The molecule has 2 atom stereocenters. The Morgan fingerprint density at radius 2 is 1.72 bits per heavy atom. The molecule has 0 amide bonds. The number of hydrogen-bond donors (Lipinski definition) is 1. The number of halogens is 1. The summed E-state index contributed by atoms with van der Waals surface area (Å²) < 4.78 is 2.21. The number of rotatable bonds is 4. The molecule has 160 valence electrons. The Morgan fingerprint density at radius 1 is 0.938 bits per heavy atom. The van der Waals surface area contributed by atoms with Gasteiger partial charge in [-0.25, -0.2) is 0 Å². The van der Waals surface area contributed by atoms with Gasteiger partial charge in [0, 0.05) is 34.5 Å². The van der Waals surface area contributed by atoms with E-state index in [-0.39, 0.29) is 12.1 Å². The fraction of sp³-hybridized carbons (Fsp3) is 0.154. The first-order chi connectivity index (χ1) is 15.5. The summed E-state index contributed by atoms with van der Waals surface area (Å²) in [6.07, 6.45) is 3.91. The topological polar surface area (TPSA) is 33.1 Å². The highest BCUT2D eigenvalue weighted by atomic mass is 35.5. The van der Waals surface area contributed by atoms with Crippen LogP contribution in [0.1, 0.15) is 34.6 Å². The number of aromatic nitrogens is 2. The lowest BCUT2D eigenvalue weighted by Gasteiger charge is -2.29. The van der Waals surface area contributed by atoms with Gasteiger partial charge in [0.15, 0.2) is 5.11 Å². The summed E-state index contributed by atoms with van der Waals surface area (Å²) in [6.45, 7) is 4.11. The minimum absolute atomic E-state index is 0.0777. The Bertz CT molecular complexity index is 1270. The van der Waals surface area contributed by atoms with Crippen molar-refractivity contribution in [3.63, 3.8) is 0 Å². The molecule has 0 aliphatic carbocycles. The van der Waals surface area contributed by atoms with Gasteiger partial charge >= 0.3 is 0 Å². The van der Waals surface area contributed by atoms with Crippen molar-refractivity contribution in [2.45, 2.75) is 25.9 Å². The number of thiocarbonyl (C=S) groups is 1. The predicted molar refractivity (Wildman–Crippen MR) is 135 cm³/mol. The average Bonchev–Trinajstić information content (AvgIpc) is 3.41. The van der Waals surface area contributed by atoms with Crippen LogP contribution in [-0.4, -0.2) is 14.7 Å². The van der Waals surface area contributed by atoms with Crippen molar-refractivity contribution >= 4 is 34.6 Å². The lowest BCUT2D eigenvalue weighted by Crippen LogP contribution is -2.30. The van der Waals surface area contributed by atoms with Crippen LogP contribution in [0.15, 0.2) is 85.2 Å². The van der Waals surface area contributed by atoms with Crippen LogP contribution >= 0.6 is 23.8 Å². The van der Waals surface area contributed by atoms with E-state index in [9.17, 15) is 0 Å². The third kappa shape index (κ3) is 3.68. The molecule has 0 saturated carbocycles. The second-order valence-corrected chi connectivity index (χ2v) is 8.86. The van der Waals surface area contributed by atoms with E-state index in [1.54, 1.807) is 0 Å². The number of aryl methyl sites for hydroxylation is 2. The zero-order valence-electron chi connectivity index (χ0n) is 17.9. The van der Waals surface area contributed by atoms with Crippen molar-refractivity contribution in [1.82, 2.24) is 14.9 Å². The van der Waals surface area contributed by atoms with Crippen LogP contribution in [0.5, 0.6) is 0 Å². The molecule has 0 bridgehead atoms. The highest BCUT2D eigenvalue weighted by molar-refractivity contribution is 7.80. The summed E-state index contributed by atoms with van der Waals surface area (Å²) in [4.78, 5) is 6.85. The van der Waals surface area contributed by atoms with Crippen LogP contribution in [0.25, 0.3) is 5.69 Å². The molecule has 0 radical (unpaired) electrons. The first kappa shape index (κ1) is 20.7. The van der Waals surface area contributed by atoms with Gasteiger partial charge in [-0.2, -0.15) is 0 Å². The largest absolute Gasteiger partial charge is 0.351 e. The van der Waals surface area contributed by atoms with Crippen LogP contribution in [0.4, 0.5) is 5.69 Å². The number of nitrogens with zero attached hydrogens (tertiary/aromatic N) is 3. The third-order valence-electron chi connectivity index (χ3n) is 5.91. The molecule has 6 heteroatoms. The molecule has 4 nitrogen and oxygen atoms in total. The summed E-state index contributed by atoms with van der Waals surface area (Å²) in [6, 6.07) is 24.6. The fourth-order valence-electron chi connectivity index (χ4n) is 4.29. The quantitative estimate of drug-likeness (QED) is 0.363. The molecule has 32 heavy (non-hydrogen) atoms. The molecule has 1 N–H and O–H groups in total. The first-order valence-corrected chi connectivity index (χ1v) is 11.3. The maximum absolute atomic E-state index is 6.29. The summed E-state index contributed by atoms with van der Waals surface area (Å²) in [5, 5.41) is 4.98. The molecular weight excluding hydrogens is 436 g/mol. The Kier molecular flexibility index (Phi) is 5.45. The summed E-state index contributed by atoms with van der Waals surface area (Å²) in [5.74, 6) is 0. The van der Waals surface area contributed by atoms with E-state index in [1.165, 1.54) is 5.56 Å². The Labute approximate surface area is 198 Å². The summed E-state index contributed by atoms with van der Waals surface area (Å²) in [5.41, 5.74) is 6.44. The van der Waals surface area contributed by atoms with Gasteiger partial charge < -0.3 is 14.8 Å². The lowest BCUT2D eigenvalue weighted by molar-refractivity contribution is 0.549. The zero-order chi connectivity index (χ0) is 22.2. The minimum atomic E-state index is -0.0907. The zero-order valence-corrected chi connectivity index (χ0v) is 19.4. The van der Waals surface area contributed by atoms with Gasteiger partial charge in [-0.3, -0.25) is 4.98 Å². The Balaban J connectivity index is 1.67. The molecule has 1 aliphatic heterocycles. The van der Waals surface area contributed by atoms with Crippen molar-refractivity contribution in [2.24, 2.45) is 0 Å². The van der Waals surface area contributed by atoms with Crippen LogP contribution < -0.4 is 10.2 Å². The van der Waals surface area contributed by atoms with E-state index in [0.29, 0.717) is 5.11 Å². The van der Waals surface area contributed by atoms with Gasteiger partial charge in [-0.15, -0.1) is 0 Å². The second-order valence-electron chi connectivity index (χ2n) is 8.07. The monoisotopic (exact) mass is 458 g/mol. The summed E-state index contributed by atoms with van der Waals surface area (Å²) >= 11 is 12.1. The highest BCUT2D eigenvalue weighted by Crippen LogP contribution is 2.42. The lowest BCUT2D eigenvalue weighted by atomic mass is 10.0. The predicted octanol–water partition coefficient (Wildman–Crippen LogP) is 6.32. The normalized spacial score (nSPS) is 18.1. The number of pyridine rings is 1. The van der Waals surface area contributed by atoms with Gasteiger partial charge in [-0.05, 0) is 86.2 Å². The van der Waals surface area contributed by atoms with Crippen molar-refractivity contribution in [2.75, 3.05) is 4.90 Å². The molecule has 1 aliphatic rings. The van der Waals surface area contributed by atoms with E-state index in [4.69, 9.17) is 23.8 Å². The number of hydrogen-bond acceptors (Lipinski definition) is 2. The van der Waals surface area contributed by atoms with E-state index in [1.807, 2.05) is 43.5 Å². The second kappa shape index (κ2) is 8.41. The van der Waals surface area contributed by atoms with Crippen molar-refractivity contribution < 1.29 is 0 Å².